The van der Waals surface area contributed by atoms with Gasteiger partial charge in [-0.05, 0) is 26.2 Å². The van der Waals surface area contributed by atoms with E-state index in [0.717, 1.165) is 12.2 Å². The lowest BCUT2D eigenvalue weighted by molar-refractivity contribution is 0.0187. The van der Waals surface area contributed by atoms with Crippen LogP contribution >= 0.6 is 11.8 Å². The molecule has 1 aliphatic heterocycles. The molecule has 1 rings (SSSR count). The van der Waals surface area contributed by atoms with Gasteiger partial charge in [0.1, 0.15) is 0 Å². The normalized spacial score (nSPS) is 34.8. The van der Waals surface area contributed by atoms with Crippen molar-refractivity contribution in [1.82, 2.24) is 0 Å². The van der Waals surface area contributed by atoms with Gasteiger partial charge in [-0.3, -0.25) is 0 Å². The van der Waals surface area contributed by atoms with E-state index < -0.39 is 5.60 Å². The second kappa shape index (κ2) is 2.72. The highest BCUT2D eigenvalue weighted by molar-refractivity contribution is 7.99. The molecule has 2 unspecified atom stereocenters. The average Bonchev–Trinajstić information content (AvgIpc) is 2.11. The summed E-state index contributed by atoms with van der Waals surface area (Å²) in [5, 5.41) is 18.6. The van der Waals surface area contributed by atoms with Crippen molar-refractivity contribution in [1.29, 1.82) is 0 Å². The summed E-state index contributed by atoms with van der Waals surface area (Å²) < 4.78 is 0. The third-order valence-electron chi connectivity index (χ3n) is 1.98. The van der Waals surface area contributed by atoms with Crippen LogP contribution in [-0.4, -0.2) is 27.0 Å². The standard InChI is InChI=1S/C7H14O2S/c1-7(2,9)5-3-6(8)10-4-5/h5-6,8-9H,3-4H2,1-2H3. The highest BCUT2D eigenvalue weighted by atomic mass is 32.2. The van der Waals surface area contributed by atoms with Crippen molar-refractivity contribution < 1.29 is 10.2 Å². The zero-order valence-electron chi connectivity index (χ0n) is 6.37. The number of thioether (sulfide) groups is 1. The Morgan fingerprint density at radius 3 is 2.30 bits per heavy atom. The Kier molecular flexibility index (Phi) is 2.28. The van der Waals surface area contributed by atoms with Crippen molar-refractivity contribution in [3.63, 3.8) is 0 Å². The largest absolute Gasteiger partial charge is 0.390 e. The molecule has 2 atom stereocenters. The minimum Gasteiger partial charge on any atom is -0.390 e. The number of hydrogen-bond acceptors (Lipinski definition) is 3. The van der Waals surface area contributed by atoms with Crippen LogP contribution in [0.4, 0.5) is 0 Å². The zero-order valence-corrected chi connectivity index (χ0v) is 7.19. The first-order valence-electron chi connectivity index (χ1n) is 3.52. The van der Waals surface area contributed by atoms with E-state index in [4.69, 9.17) is 5.11 Å². The van der Waals surface area contributed by atoms with Crippen LogP contribution in [0, 0.1) is 5.92 Å². The number of aliphatic hydroxyl groups is 2. The minimum absolute atomic E-state index is 0.253. The molecule has 0 aromatic rings. The van der Waals surface area contributed by atoms with Crippen LogP contribution < -0.4 is 0 Å². The van der Waals surface area contributed by atoms with Crippen molar-refractivity contribution >= 4 is 11.8 Å². The van der Waals surface area contributed by atoms with Gasteiger partial charge in [0.2, 0.25) is 0 Å². The summed E-state index contributed by atoms with van der Waals surface area (Å²) in [7, 11) is 0. The first kappa shape index (κ1) is 8.37. The molecule has 1 fully saturated rings. The molecule has 3 heteroatoms. The van der Waals surface area contributed by atoms with Crippen LogP contribution in [0.25, 0.3) is 0 Å². The summed E-state index contributed by atoms with van der Waals surface area (Å²) in [6.07, 6.45) is 0.730. The van der Waals surface area contributed by atoms with Gasteiger partial charge in [-0.25, -0.2) is 0 Å². The lowest BCUT2D eigenvalue weighted by Crippen LogP contribution is -2.30. The third kappa shape index (κ3) is 1.87. The molecule has 0 aliphatic carbocycles. The van der Waals surface area contributed by atoms with Gasteiger partial charge < -0.3 is 10.2 Å². The molecule has 2 N–H and O–H groups in total. The minimum atomic E-state index is -0.621. The van der Waals surface area contributed by atoms with E-state index in [-0.39, 0.29) is 11.4 Å². The maximum absolute atomic E-state index is 9.51. The summed E-state index contributed by atoms with van der Waals surface area (Å²) >= 11 is 1.53. The molecule has 0 amide bonds. The first-order valence-corrected chi connectivity index (χ1v) is 4.57. The van der Waals surface area contributed by atoms with Crippen LogP contribution in [0.15, 0.2) is 0 Å². The summed E-state index contributed by atoms with van der Waals surface area (Å²) in [4.78, 5) is 0. The Morgan fingerprint density at radius 2 is 2.10 bits per heavy atom. The number of rotatable bonds is 1. The second-order valence-electron chi connectivity index (χ2n) is 3.37. The molecule has 60 valence electrons. The highest BCUT2D eigenvalue weighted by Gasteiger charge is 2.33. The fourth-order valence-electron chi connectivity index (χ4n) is 1.10. The Morgan fingerprint density at radius 1 is 1.50 bits per heavy atom. The van der Waals surface area contributed by atoms with Crippen molar-refractivity contribution in [2.75, 3.05) is 5.75 Å². The van der Waals surface area contributed by atoms with Gasteiger partial charge in [-0.1, -0.05) is 0 Å². The lowest BCUT2D eigenvalue weighted by atomic mass is 9.90. The molecule has 0 spiro atoms. The van der Waals surface area contributed by atoms with Crippen molar-refractivity contribution in [2.45, 2.75) is 31.3 Å². The van der Waals surface area contributed by atoms with Gasteiger partial charge in [0, 0.05) is 5.75 Å². The van der Waals surface area contributed by atoms with Crippen molar-refractivity contribution in [2.24, 2.45) is 5.92 Å². The molecule has 0 bridgehead atoms. The van der Waals surface area contributed by atoms with E-state index in [2.05, 4.69) is 0 Å². The summed E-state index contributed by atoms with van der Waals surface area (Å²) in [5.74, 6) is 1.14. The van der Waals surface area contributed by atoms with E-state index in [1.165, 1.54) is 11.8 Å². The highest BCUT2D eigenvalue weighted by Crippen LogP contribution is 2.35. The lowest BCUT2D eigenvalue weighted by Gasteiger charge is -2.24. The van der Waals surface area contributed by atoms with Crippen molar-refractivity contribution in [3.8, 4) is 0 Å². The molecule has 0 aromatic heterocycles. The Balaban J connectivity index is 2.45. The topological polar surface area (TPSA) is 40.5 Å². The maximum atomic E-state index is 9.51. The fraction of sp³-hybridized carbons (Fsp3) is 1.00. The van der Waals surface area contributed by atoms with Gasteiger partial charge >= 0.3 is 0 Å². The van der Waals surface area contributed by atoms with E-state index in [0.29, 0.717) is 0 Å². The van der Waals surface area contributed by atoms with Crippen LogP contribution in [0.5, 0.6) is 0 Å². The number of aliphatic hydroxyl groups excluding tert-OH is 1. The van der Waals surface area contributed by atoms with Gasteiger partial charge in [0.25, 0.3) is 0 Å². The van der Waals surface area contributed by atoms with E-state index in [1.807, 2.05) is 0 Å². The fourth-order valence-corrected chi connectivity index (χ4v) is 2.47. The molecule has 0 saturated carbocycles. The Labute approximate surface area is 65.6 Å². The Hall–Kier alpha value is 0.270. The van der Waals surface area contributed by atoms with Gasteiger partial charge in [-0.2, -0.15) is 0 Å². The second-order valence-corrected chi connectivity index (χ2v) is 4.59. The molecule has 10 heavy (non-hydrogen) atoms. The van der Waals surface area contributed by atoms with Crippen molar-refractivity contribution in [3.05, 3.63) is 0 Å². The van der Waals surface area contributed by atoms with Crippen LogP contribution in [0.3, 0.4) is 0 Å². The quantitative estimate of drug-likeness (QED) is 0.600. The zero-order chi connectivity index (χ0) is 7.78. The van der Waals surface area contributed by atoms with Gasteiger partial charge in [-0.15, -0.1) is 11.8 Å². The molecule has 1 heterocycles. The smallest absolute Gasteiger partial charge is 0.0996 e. The van der Waals surface area contributed by atoms with Crippen LogP contribution in [0.1, 0.15) is 20.3 Å². The van der Waals surface area contributed by atoms with Gasteiger partial charge in [0.05, 0.1) is 11.0 Å². The summed E-state index contributed by atoms with van der Waals surface area (Å²) in [6.45, 7) is 3.60. The first-order chi connectivity index (χ1) is 4.50. The SMILES string of the molecule is CC(C)(O)C1CSC(O)C1. The molecular formula is C7H14O2S. The van der Waals surface area contributed by atoms with E-state index in [1.54, 1.807) is 13.8 Å². The molecule has 0 radical (unpaired) electrons. The van der Waals surface area contributed by atoms with E-state index >= 15 is 0 Å². The summed E-state index contributed by atoms with van der Waals surface area (Å²) in [5.41, 5.74) is -0.874. The average molecular weight is 162 g/mol. The predicted octanol–water partition coefficient (Wildman–Crippen LogP) is 0.829. The van der Waals surface area contributed by atoms with Crippen LogP contribution in [-0.2, 0) is 0 Å². The molecule has 2 nitrogen and oxygen atoms in total. The third-order valence-corrected chi connectivity index (χ3v) is 3.15. The molecule has 1 saturated heterocycles. The molecular weight excluding hydrogens is 148 g/mol. The van der Waals surface area contributed by atoms with Crippen LogP contribution in [0.2, 0.25) is 0 Å². The molecule has 0 aromatic carbocycles. The van der Waals surface area contributed by atoms with E-state index in [9.17, 15) is 5.11 Å². The Bertz CT molecular complexity index is 119. The predicted molar refractivity (Wildman–Crippen MR) is 42.9 cm³/mol. The summed E-state index contributed by atoms with van der Waals surface area (Å²) in [6, 6.07) is 0. The monoisotopic (exact) mass is 162 g/mol. The number of hydrogen-bond donors (Lipinski definition) is 2. The van der Waals surface area contributed by atoms with Gasteiger partial charge in [0.15, 0.2) is 0 Å². The maximum Gasteiger partial charge on any atom is 0.0996 e. The molecule has 1 aliphatic rings.